The summed E-state index contributed by atoms with van der Waals surface area (Å²) in [6, 6.07) is 3.58. The monoisotopic (exact) mass is 365 g/mol. The molecule has 1 aliphatic heterocycles. The van der Waals surface area contributed by atoms with Crippen molar-refractivity contribution < 1.29 is 9.59 Å². The van der Waals surface area contributed by atoms with E-state index in [-0.39, 0.29) is 18.2 Å². The third kappa shape index (κ3) is 3.28. The van der Waals surface area contributed by atoms with Crippen LogP contribution in [0.15, 0.2) is 24.8 Å². The van der Waals surface area contributed by atoms with E-state index in [1.165, 1.54) is 6.08 Å². The maximum Gasteiger partial charge on any atom is 0.243 e. The molecule has 0 aliphatic carbocycles. The Balaban J connectivity index is 1.75. The summed E-state index contributed by atoms with van der Waals surface area (Å²) < 4.78 is 0. The minimum Gasteiger partial charge on any atom is -0.357 e. The molecule has 126 valence electrons. The molecule has 0 bridgehead atoms. The summed E-state index contributed by atoms with van der Waals surface area (Å²) in [4.78, 5) is 28.6. The molecule has 24 heavy (non-hydrogen) atoms. The summed E-state index contributed by atoms with van der Waals surface area (Å²) in [5, 5.41) is 4.73. The highest BCUT2D eigenvalue weighted by atomic mass is 35.5. The van der Waals surface area contributed by atoms with Gasteiger partial charge >= 0.3 is 0 Å². The van der Waals surface area contributed by atoms with Gasteiger partial charge in [0.05, 0.1) is 10.5 Å². The van der Waals surface area contributed by atoms with Gasteiger partial charge in [-0.25, -0.2) is 0 Å². The summed E-state index contributed by atoms with van der Waals surface area (Å²) in [5.41, 5.74) is 3.01. The van der Waals surface area contributed by atoms with Crippen molar-refractivity contribution in [3.05, 3.63) is 46.1 Å². The number of hydrogen-bond donors (Lipinski definition) is 2. The molecule has 0 unspecified atom stereocenters. The SMILES string of the molecule is C=CC(=O)NCCC(=O)N1CCc2[nH]c3c(Cl)cc(Cl)cc3c2C1. The lowest BCUT2D eigenvalue weighted by atomic mass is 10.0. The first-order valence-corrected chi connectivity index (χ1v) is 8.41. The van der Waals surface area contributed by atoms with E-state index in [1.807, 2.05) is 6.07 Å². The number of nitrogens with zero attached hydrogens (tertiary/aromatic N) is 1. The van der Waals surface area contributed by atoms with Crippen molar-refractivity contribution in [3.63, 3.8) is 0 Å². The van der Waals surface area contributed by atoms with Crippen molar-refractivity contribution in [2.24, 2.45) is 0 Å². The third-order valence-electron chi connectivity index (χ3n) is 4.18. The zero-order valence-corrected chi connectivity index (χ0v) is 14.5. The number of H-pyrrole nitrogens is 1. The Morgan fingerprint density at radius 1 is 1.38 bits per heavy atom. The first-order valence-electron chi connectivity index (χ1n) is 7.66. The van der Waals surface area contributed by atoms with Crippen LogP contribution < -0.4 is 5.32 Å². The number of halogens is 2. The highest BCUT2D eigenvalue weighted by Crippen LogP contribution is 2.34. The summed E-state index contributed by atoms with van der Waals surface area (Å²) in [6.07, 6.45) is 2.19. The maximum atomic E-state index is 12.4. The number of nitrogens with one attached hydrogen (secondary N) is 2. The fourth-order valence-corrected chi connectivity index (χ4v) is 3.51. The second-order valence-corrected chi connectivity index (χ2v) is 6.55. The molecule has 2 N–H and O–H groups in total. The zero-order valence-electron chi connectivity index (χ0n) is 13.0. The van der Waals surface area contributed by atoms with Gasteiger partial charge in [0.2, 0.25) is 11.8 Å². The quantitative estimate of drug-likeness (QED) is 0.817. The lowest BCUT2D eigenvalue weighted by molar-refractivity contribution is -0.132. The highest BCUT2D eigenvalue weighted by Gasteiger charge is 2.24. The highest BCUT2D eigenvalue weighted by molar-refractivity contribution is 6.38. The lowest BCUT2D eigenvalue weighted by Gasteiger charge is -2.27. The van der Waals surface area contributed by atoms with Gasteiger partial charge in [0.25, 0.3) is 0 Å². The van der Waals surface area contributed by atoms with Gasteiger partial charge in [-0.05, 0) is 18.2 Å². The lowest BCUT2D eigenvalue weighted by Crippen LogP contribution is -2.37. The van der Waals surface area contributed by atoms with Crippen LogP contribution in [0.25, 0.3) is 10.9 Å². The van der Waals surface area contributed by atoms with Crippen molar-refractivity contribution in [2.45, 2.75) is 19.4 Å². The van der Waals surface area contributed by atoms with Crippen LogP contribution in [0.4, 0.5) is 0 Å². The van der Waals surface area contributed by atoms with E-state index in [2.05, 4.69) is 16.9 Å². The number of fused-ring (bicyclic) bond motifs is 3. The van der Waals surface area contributed by atoms with Crippen LogP contribution in [0.1, 0.15) is 17.7 Å². The first-order chi connectivity index (χ1) is 11.5. The van der Waals surface area contributed by atoms with E-state index in [0.29, 0.717) is 29.7 Å². The molecule has 1 aromatic heterocycles. The molecule has 0 atom stereocenters. The number of benzene rings is 1. The Bertz CT molecular complexity index is 829. The fraction of sp³-hybridized carbons (Fsp3) is 0.294. The number of carbonyl (C=O) groups excluding carboxylic acids is 2. The van der Waals surface area contributed by atoms with Crippen LogP contribution in [0.5, 0.6) is 0 Å². The zero-order chi connectivity index (χ0) is 17.3. The van der Waals surface area contributed by atoms with Crippen LogP contribution in [-0.2, 0) is 22.6 Å². The molecule has 0 saturated heterocycles. The molecule has 2 amide bonds. The molecule has 1 aliphatic rings. The van der Waals surface area contributed by atoms with Gasteiger partial charge in [-0.2, -0.15) is 0 Å². The molecule has 7 heteroatoms. The topological polar surface area (TPSA) is 65.2 Å². The number of rotatable bonds is 4. The normalized spacial score (nSPS) is 13.7. The Labute approximate surface area is 149 Å². The van der Waals surface area contributed by atoms with Gasteiger partial charge in [0.15, 0.2) is 0 Å². The van der Waals surface area contributed by atoms with Gasteiger partial charge in [-0.3, -0.25) is 9.59 Å². The van der Waals surface area contributed by atoms with Gasteiger partial charge in [0, 0.05) is 54.1 Å². The molecule has 2 heterocycles. The predicted molar refractivity (Wildman–Crippen MR) is 95.3 cm³/mol. The second kappa shape index (κ2) is 6.87. The van der Waals surface area contributed by atoms with Crippen molar-refractivity contribution in [2.75, 3.05) is 13.1 Å². The van der Waals surface area contributed by atoms with Gasteiger partial charge < -0.3 is 15.2 Å². The second-order valence-electron chi connectivity index (χ2n) is 5.70. The van der Waals surface area contributed by atoms with Crippen LogP contribution in [-0.4, -0.2) is 34.8 Å². The Kier molecular flexibility index (Phi) is 4.83. The van der Waals surface area contributed by atoms with Crippen molar-refractivity contribution in [3.8, 4) is 0 Å². The minimum absolute atomic E-state index is 0.00693. The average molecular weight is 366 g/mol. The molecule has 1 aromatic carbocycles. The molecule has 0 spiro atoms. The molecule has 0 saturated carbocycles. The summed E-state index contributed by atoms with van der Waals surface area (Å²) >= 11 is 12.4. The Morgan fingerprint density at radius 2 is 2.17 bits per heavy atom. The van der Waals surface area contributed by atoms with E-state index in [9.17, 15) is 9.59 Å². The number of amides is 2. The summed E-state index contributed by atoms with van der Waals surface area (Å²) in [7, 11) is 0. The molecular formula is C17H17Cl2N3O2. The van der Waals surface area contributed by atoms with Crippen LogP contribution >= 0.6 is 23.2 Å². The number of hydrogen-bond acceptors (Lipinski definition) is 2. The third-order valence-corrected chi connectivity index (χ3v) is 4.69. The molecule has 3 rings (SSSR count). The van der Waals surface area contributed by atoms with Crippen LogP contribution in [0.2, 0.25) is 10.0 Å². The predicted octanol–water partition coefficient (Wildman–Crippen LogP) is 3.05. The summed E-state index contributed by atoms with van der Waals surface area (Å²) in [6.45, 7) is 4.83. The fourth-order valence-electron chi connectivity index (χ4n) is 2.97. The van der Waals surface area contributed by atoms with Gasteiger partial charge in [-0.1, -0.05) is 29.8 Å². The largest absolute Gasteiger partial charge is 0.357 e. The van der Waals surface area contributed by atoms with Gasteiger partial charge in [-0.15, -0.1) is 0 Å². The maximum absolute atomic E-state index is 12.4. The van der Waals surface area contributed by atoms with E-state index in [4.69, 9.17) is 23.2 Å². The minimum atomic E-state index is -0.273. The summed E-state index contributed by atoms with van der Waals surface area (Å²) in [5.74, 6) is -0.267. The smallest absolute Gasteiger partial charge is 0.243 e. The first kappa shape index (κ1) is 16.9. The molecule has 5 nitrogen and oxygen atoms in total. The van der Waals surface area contributed by atoms with Crippen LogP contribution in [0.3, 0.4) is 0 Å². The van der Waals surface area contributed by atoms with E-state index in [1.54, 1.807) is 11.0 Å². The Hall–Kier alpha value is -1.98. The molecule has 2 aromatic rings. The molecular weight excluding hydrogens is 349 g/mol. The number of carbonyl (C=O) groups is 2. The van der Waals surface area contributed by atoms with Gasteiger partial charge in [0.1, 0.15) is 0 Å². The van der Waals surface area contributed by atoms with Crippen molar-refractivity contribution in [1.29, 1.82) is 0 Å². The molecule has 0 fully saturated rings. The van der Waals surface area contributed by atoms with E-state index < -0.39 is 0 Å². The van der Waals surface area contributed by atoms with E-state index >= 15 is 0 Å². The number of aromatic amines is 1. The van der Waals surface area contributed by atoms with Crippen molar-refractivity contribution in [1.82, 2.24) is 15.2 Å². The van der Waals surface area contributed by atoms with Crippen LogP contribution in [0, 0.1) is 0 Å². The molecule has 0 radical (unpaired) electrons. The number of aromatic nitrogens is 1. The van der Waals surface area contributed by atoms with E-state index in [0.717, 1.165) is 28.6 Å². The Morgan fingerprint density at radius 3 is 2.92 bits per heavy atom. The van der Waals surface area contributed by atoms with Crippen molar-refractivity contribution >= 4 is 45.9 Å². The standard InChI is InChI=1S/C17H17Cl2N3O2/c1-2-15(23)20-5-3-16(24)22-6-4-14-12(9-22)11-7-10(18)8-13(19)17(11)21-14/h2,7-8,21H,1,3-6,9H2,(H,20,23). The average Bonchev–Trinajstić information content (AvgIpc) is 2.92.